The van der Waals surface area contributed by atoms with Crippen LogP contribution in [0.4, 0.5) is 8.78 Å². The summed E-state index contributed by atoms with van der Waals surface area (Å²) in [6.45, 7) is 0. The molecule has 6 rings (SSSR count). The number of carbonyl (C=O) groups is 2. The Labute approximate surface area is 223 Å². The number of hydrogen-bond acceptors (Lipinski definition) is 3. The lowest BCUT2D eigenvalue weighted by atomic mass is 9.98. The summed E-state index contributed by atoms with van der Waals surface area (Å²) in [5, 5.41) is 3.56. The number of fused-ring (bicyclic) bond motifs is 1. The van der Waals surface area contributed by atoms with Gasteiger partial charge < -0.3 is 15.5 Å². The van der Waals surface area contributed by atoms with E-state index in [-0.39, 0.29) is 29.3 Å². The number of nitrogens with two attached hydrogens (primary N) is 1. The van der Waals surface area contributed by atoms with Gasteiger partial charge in [0.1, 0.15) is 23.0 Å². The molecule has 0 saturated heterocycles. The van der Waals surface area contributed by atoms with E-state index in [4.69, 9.17) is 10.2 Å². The molecule has 1 aliphatic carbocycles. The van der Waals surface area contributed by atoms with E-state index >= 15 is 4.39 Å². The molecule has 2 amide bonds. The summed E-state index contributed by atoms with van der Waals surface area (Å²) in [5.41, 5.74) is 8.70. The van der Waals surface area contributed by atoms with Gasteiger partial charge in [0, 0.05) is 22.9 Å². The zero-order chi connectivity index (χ0) is 27.1. The van der Waals surface area contributed by atoms with E-state index in [2.05, 4.69) is 5.32 Å². The van der Waals surface area contributed by atoms with Crippen LogP contribution in [0.5, 0.6) is 0 Å². The van der Waals surface area contributed by atoms with Crippen LogP contribution in [0.3, 0.4) is 0 Å². The Morgan fingerprint density at radius 2 is 1.64 bits per heavy atom. The molecule has 1 aromatic heterocycles. The van der Waals surface area contributed by atoms with Crippen LogP contribution >= 0.6 is 0 Å². The Hall–Kier alpha value is -4.78. The molecular weight excluding hydrogens is 498 g/mol. The van der Waals surface area contributed by atoms with Crippen molar-refractivity contribution in [2.24, 2.45) is 5.73 Å². The van der Waals surface area contributed by atoms with Gasteiger partial charge >= 0.3 is 0 Å². The molecule has 39 heavy (non-hydrogen) atoms. The highest BCUT2D eigenvalue weighted by molar-refractivity contribution is 6.07. The highest BCUT2D eigenvalue weighted by Gasteiger charge is 2.45. The molecule has 0 radical (unpaired) electrons. The third-order valence-corrected chi connectivity index (χ3v) is 7.25. The normalized spacial score (nSPS) is 13.8. The van der Waals surface area contributed by atoms with Gasteiger partial charge in [0.05, 0.1) is 11.1 Å². The fourth-order valence-electron chi connectivity index (χ4n) is 5.04. The van der Waals surface area contributed by atoms with Gasteiger partial charge in [0.2, 0.25) is 0 Å². The zero-order valence-corrected chi connectivity index (χ0v) is 20.8. The first-order valence-corrected chi connectivity index (χ1v) is 12.6. The monoisotopic (exact) mass is 522 g/mol. The van der Waals surface area contributed by atoms with E-state index in [1.54, 1.807) is 30.3 Å². The summed E-state index contributed by atoms with van der Waals surface area (Å²) >= 11 is 0. The number of rotatable bonds is 7. The molecular formula is C32H24F2N2O3. The van der Waals surface area contributed by atoms with Crippen molar-refractivity contribution in [1.82, 2.24) is 5.32 Å². The molecule has 4 aromatic carbocycles. The summed E-state index contributed by atoms with van der Waals surface area (Å²) in [6.07, 6.45) is 1.91. The van der Waals surface area contributed by atoms with E-state index in [0.717, 1.165) is 24.0 Å². The highest BCUT2D eigenvalue weighted by Crippen LogP contribution is 2.45. The lowest BCUT2D eigenvalue weighted by Gasteiger charge is -2.18. The summed E-state index contributed by atoms with van der Waals surface area (Å²) in [4.78, 5) is 25.6. The first kappa shape index (κ1) is 24.6. The number of carbonyl (C=O) groups excluding carboxylic acids is 2. The van der Waals surface area contributed by atoms with Crippen molar-refractivity contribution in [2.45, 2.75) is 24.8 Å². The van der Waals surface area contributed by atoms with Crippen LogP contribution < -0.4 is 11.1 Å². The zero-order valence-electron chi connectivity index (χ0n) is 20.8. The van der Waals surface area contributed by atoms with Crippen molar-refractivity contribution in [3.05, 3.63) is 131 Å². The summed E-state index contributed by atoms with van der Waals surface area (Å²) < 4.78 is 34.3. The largest absolute Gasteiger partial charge is 0.460 e. The van der Waals surface area contributed by atoms with Crippen LogP contribution in [-0.4, -0.2) is 11.8 Å². The minimum atomic E-state index is -0.688. The molecule has 5 aromatic rings. The Morgan fingerprint density at radius 1 is 0.897 bits per heavy atom. The quantitative estimate of drug-likeness (QED) is 0.256. The van der Waals surface area contributed by atoms with Crippen LogP contribution in [0.1, 0.15) is 50.4 Å². The van der Waals surface area contributed by atoms with Crippen LogP contribution in [0, 0.1) is 11.6 Å². The van der Waals surface area contributed by atoms with Crippen LogP contribution in [-0.2, 0) is 12.0 Å². The second kappa shape index (κ2) is 9.51. The minimum absolute atomic E-state index is 0.184. The Morgan fingerprint density at radius 3 is 2.33 bits per heavy atom. The molecule has 3 N–H and O–H groups in total. The number of nitrogens with one attached hydrogen (secondary N) is 1. The second-order valence-electron chi connectivity index (χ2n) is 9.88. The molecule has 7 heteroatoms. The summed E-state index contributed by atoms with van der Waals surface area (Å²) in [6, 6.07) is 24.9. The van der Waals surface area contributed by atoms with Crippen molar-refractivity contribution in [3.8, 4) is 11.1 Å². The van der Waals surface area contributed by atoms with E-state index < -0.39 is 17.3 Å². The summed E-state index contributed by atoms with van der Waals surface area (Å²) in [5.74, 6) is -1.52. The third-order valence-electron chi connectivity index (χ3n) is 7.25. The molecule has 0 aliphatic heterocycles. The molecule has 0 bridgehead atoms. The maximum atomic E-state index is 15.0. The van der Waals surface area contributed by atoms with Crippen molar-refractivity contribution in [1.29, 1.82) is 0 Å². The molecule has 0 spiro atoms. The van der Waals surface area contributed by atoms with Gasteiger partial charge in [-0.05, 0) is 72.0 Å². The molecule has 5 nitrogen and oxygen atoms in total. The molecule has 194 valence electrons. The fourth-order valence-corrected chi connectivity index (χ4v) is 5.04. The number of hydrogen-bond donors (Lipinski definition) is 2. The van der Waals surface area contributed by atoms with Crippen LogP contribution in [0.25, 0.3) is 22.1 Å². The third kappa shape index (κ3) is 4.68. The van der Waals surface area contributed by atoms with Crippen molar-refractivity contribution >= 4 is 22.8 Å². The van der Waals surface area contributed by atoms with E-state index in [1.807, 2.05) is 30.3 Å². The molecule has 1 heterocycles. The Kier molecular flexibility index (Phi) is 5.99. The van der Waals surface area contributed by atoms with Gasteiger partial charge in [-0.3, -0.25) is 9.59 Å². The molecule has 0 atom stereocenters. The number of benzene rings is 4. The number of amides is 2. The Bertz CT molecular complexity index is 1720. The van der Waals surface area contributed by atoms with Crippen LogP contribution in [0.2, 0.25) is 0 Å². The van der Waals surface area contributed by atoms with E-state index in [1.165, 1.54) is 30.3 Å². The molecule has 1 fully saturated rings. The van der Waals surface area contributed by atoms with Gasteiger partial charge in [0.15, 0.2) is 0 Å². The highest BCUT2D eigenvalue weighted by atomic mass is 19.1. The van der Waals surface area contributed by atoms with E-state index in [9.17, 15) is 14.0 Å². The van der Waals surface area contributed by atoms with Gasteiger partial charge in [-0.1, -0.05) is 48.5 Å². The minimum Gasteiger partial charge on any atom is -0.460 e. The number of halogens is 2. The summed E-state index contributed by atoms with van der Waals surface area (Å²) in [7, 11) is 0. The second-order valence-corrected chi connectivity index (χ2v) is 9.88. The van der Waals surface area contributed by atoms with Gasteiger partial charge in [0.25, 0.3) is 11.8 Å². The molecule has 1 aliphatic rings. The topological polar surface area (TPSA) is 85.3 Å². The average Bonchev–Trinajstić information content (AvgIpc) is 3.62. The van der Waals surface area contributed by atoms with E-state index in [0.29, 0.717) is 27.9 Å². The predicted molar refractivity (Wildman–Crippen MR) is 144 cm³/mol. The van der Waals surface area contributed by atoms with Crippen molar-refractivity contribution < 1.29 is 22.8 Å². The maximum Gasteiger partial charge on any atom is 0.252 e. The fraction of sp³-hybridized carbons (Fsp3) is 0.125. The number of furan rings is 1. The lowest BCUT2D eigenvalue weighted by Crippen LogP contribution is -2.34. The average molecular weight is 523 g/mol. The first-order chi connectivity index (χ1) is 18.8. The standard InChI is InChI=1S/C32H24F2N2O3/c33-23-10-6-19(7-11-23)16-28-29(30(35)37)25-17-20(9-13-27(25)39-28)24-18-21(8-12-26(24)34)31(38)36-32(14-15-32)22-4-2-1-3-5-22/h1-13,17-18H,14-16H2,(H2,35,37)(H,36,38). The smallest absolute Gasteiger partial charge is 0.252 e. The number of primary amides is 1. The van der Waals surface area contributed by atoms with Gasteiger partial charge in [-0.25, -0.2) is 8.78 Å². The SMILES string of the molecule is NC(=O)c1c(Cc2ccc(F)cc2)oc2ccc(-c3cc(C(=O)NC4(c5ccccc5)CC4)ccc3F)cc12. The predicted octanol–water partition coefficient (Wildman–Crippen LogP) is 6.49. The van der Waals surface area contributed by atoms with Crippen molar-refractivity contribution in [2.75, 3.05) is 0 Å². The van der Waals surface area contributed by atoms with Gasteiger partial charge in [-0.2, -0.15) is 0 Å². The lowest BCUT2D eigenvalue weighted by molar-refractivity contribution is 0.0929. The van der Waals surface area contributed by atoms with Crippen LogP contribution in [0.15, 0.2) is 95.4 Å². The first-order valence-electron chi connectivity index (χ1n) is 12.6. The Balaban J connectivity index is 1.34. The maximum absolute atomic E-state index is 15.0. The molecule has 0 unspecified atom stereocenters. The van der Waals surface area contributed by atoms with Crippen molar-refractivity contribution in [3.63, 3.8) is 0 Å². The van der Waals surface area contributed by atoms with Gasteiger partial charge in [-0.15, -0.1) is 0 Å². The molecule has 1 saturated carbocycles.